The second-order valence-corrected chi connectivity index (χ2v) is 3.74. The zero-order valence-electron chi connectivity index (χ0n) is 11.0. The third-order valence-corrected chi connectivity index (χ3v) is 2.03. The summed E-state index contributed by atoms with van der Waals surface area (Å²) in [5.41, 5.74) is 22.2. The minimum Gasteiger partial charge on any atom is -0.370 e. The van der Waals surface area contributed by atoms with Gasteiger partial charge in [0.1, 0.15) is 0 Å². The topological polar surface area (TPSA) is 129 Å². The van der Waals surface area contributed by atoms with E-state index in [0.29, 0.717) is 0 Å². The summed E-state index contributed by atoms with van der Waals surface area (Å²) in [5.74, 6) is 0.178. The highest BCUT2D eigenvalue weighted by molar-refractivity contribution is 5.79. The van der Waals surface area contributed by atoms with Gasteiger partial charge in [-0.2, -0.15) is 0 Å². The third kappa shape index (κ3) is 6.65. The van der Waals surface area contributed by atoms with Crippen molar-refractivity contribution in [1.82, 2.24) is 0 Å². The van der Waals surface area contributed by atoms with Gasteiger partial charge in [-0.25, -0.2) is 9.98 Å². The Hall–Kier alpha value is -3.02. The number of benzene rings is 2. The highest BCUT2D eigenvalue weighted by Gasteiger charge is 1.84. The lowest BCUT2D eigenvalue weighted by Crippen LogP contribution is -2.21. The molecule has 0 aliphatic heterocycles. The van der Waals surface area contributed by atoms with E-state index in [1.165, 1.54) is 0 Å². The van der Waals surface area contributed by atoms with Gasteiger partial charge in [-0.05, 0) is 24.3 Å². The number of guanidine groups is 2. The van der Waals surface area contributed by atoms with E-state index in [0.717, 1.165) is 11.4 Å². The van der Waals surface area contributed by atoms with Gasteiger partial charge in [0.2, 0.25) is 0 Å². The number of nitrogens with two attached hydrogens (primary N) is 4. The van der Waals surface area contributed by atoms with Crippen LogP contribution in [0.2, 0.25) is 0 Å². The lowest BCUT2D eigenvalue weighted by Gasteiger charge is -1.91. The molecule has 0 unspecified atom stereocenters. The maximum Gasteiger partial charge on any atom is 0.191 e. The summed E-state index contributed by atoms with van der Waals surface area (Å²) in [4.78, 5) is 7.66. The van der Waals surface area contributed by atoms with Gasteiger partial charge in [-0.15, -0.1) is 0 Å². The van der Waals surface area contributed by atoms with Crippen LogP contribution in [0.5, 0.6) is 0 Å². The summed E-state index contributed by atoms with van der Waals surface area (Å²) in [6.07, 6.45) is 0. The predicted octanol–water partition coefficient (Wildman–Crippen LogP) is 1.18. The zero-order valence-corrected chi connectivity index (χ0v) is 11.0. The van der Waals surface area contributed by atoms with Gasteiger partial charge in [0, 0.05) is 0 Å². The summed E-state index contributed by atoms with van der Waals surface area (Å²) in [6.45, 7) is 0. The van der Waals surface area contributed by atoms with Crippen LogP contribution in [-0.4, -0.2) is 11.9 Å². The number of rotatable bonds is 2. The number of hydrogen-bond acceptors (Lipinski definition) is 2. The molecule has 0 atom stereocenters. The molecule has 0 aliphatic carbocycles. The van der Waals surface area contributed by atoms with Crippen molar-refractivity contribution in [3.05, 3.63) is 60.7 Å². The molecule has 2 aromatic carbocycles. The fraction of sp³-hybridized carbons (Fsp3) is 0. The first-order chi connectivity index (χ1) is 9.58. The van der Waals surface area contributed by atoms with Gasteiger partial charge in [0.25, 0.3) is 0 Å². The molecule has 0 radical (unpaired) electrons. The van der Waals surface area contributed by atoms with Crippen molar-refractivity contribution in [1.29, 1.82) is 0 Å². The van der Waals surface area contributed by atoms with Crippen molar-refractivity contribution in [3.63, 3.8) is 0 Å². The minimum atomic E-state index is 0.0891. The SMILES string of the molecule is NC(N)=Nc1ccccc1.NC(N)=Nc1ccccc1. The number of para-hydroxylation sites is 2. The maximum absolute atomic E-state index is 5.15. The van der Waals surface area contributed by atoms with Crippen LogP contribution in [0.1, 0.15) is 0 Å². The lowest BCUT2D eigenvalue weighted by molar-refractivity contribution is 1.42. The van der Waals surface area contributed by atoms with Crippen LogP contribution in [-0.2, 0) is 0 Å². The van der Waals surface area contributed by atoms with Crippen LogP contribution in [0.3, 0.4) is 0 Å². The standard InChI is InChI=1S/2C7H9N3/c2*8-7(9)10-6-4-2-1-3-5-6/h2*1-5H,(H4,8,9,10). The van der Waals surface area contributed by atoms with Gasteiger partial charge < -0.3 is 22.9 Å². The summed E-state index contributed by atoms with van der Waals surface area (Å²) >= 11 is 0. The molecule has 0 bridgehead atoms. The van der Waals surface area contributed by atoms with Crippen molar-refractivity contribution in [2.75, 3.05) is 0 Å². The van der Waals surface area contributed by atoms with E-state index in [1.807, 2.05) is 60.7 Å². The molecule has 2 rings (SSSR count). The Morgan fingerprint density at radius 3 is 1.10 bits per heavy atom. The van der Waals surface area contributed by atoms with Crippen molar-refractivity contribution in [3.8, 4) is 0 Å². The molecule has 0 heterocycles. The van der Waals surface area contributed by atoms with E-state index in [4.69, 9.17) is 22.9 Å². The minimum absolute atomic E-state index is 0.0891. The third-order valence-electron chi connectivity index (χ3n) is 2.03. The Kier molecular flexibility index (Phi) is 6.13. The molecule has 0 saturated heterocycles. The number of aliphatic imine (C=N–C) groups is 2. The van der Waals surface area contributed by atoms with Crippen molar-refractivity contribution < 1.29 is 0 Å². The summed E-state index contributed by atoms with van der Waals surface area (Å²) in [7, 11) is 0. The maximum atomic E-state index is 5.15. The summed E-state index contributed by atoms with van der Waals surface area (Å²) < 4.78 is 0. The molecular formula is C14H18N6. The molecule has 0 aliphatic rings. The molecule has 6 nitrogen and oxygen atoms in total. The first-order valence-electron chi connectivity index (χ1n) is 5.87. The van der Waals surface area contributed by atoms with Crippen LogP contribution in [0.4, 0.5) is 11.4 Å². The molecule has 0 amide bonds. The lowest BCUT2D eigenvalue weighted by atomic mass is 10.3. The monoisotopic (exact) mass is 270 g/mol. The molecule has 0 spiro atoms. The molecule has 8 N–H and O–H groups in total. The first kappa shape index (κ1) is 15.0. The van der Waals surface area contributed by atoms with Crippen LogP contribution in [0.25, 0.3) is 0 Å². The Balaban J connectivity index is 0.000000200. The fourth-order valence-electron chi connectivity index (χ4n) is 1.30. The van der Waals surface area contributed by atoms with E-state index in [-0.39, 0.29) is 11.9 Å². The van der Waals surface area contributed by atoms with E-state index in [9.17, 15) is 0 Å². The van der Waals surface area contributed by atoms with E-state index < -0.39 is 0 Å². The Labute approximate surface area is 117 Å². The molecule has 0 fully saturated rings. The molecular weight excluding hydrogens is 252 g/mol. The largest absolute Gasteiger partial charge is 0.370 e. The first-order valence-corrected chi connectivity index (χ1v) is 5.87. The normalized spacial score (nSPS) is 8.80. The van der Waals surface area contributed by atoms with Crippen molar-refractivity contribution >= 4 is 23.3 Å². The van der Waals surface area contributed by atoms with Gasteiger partial charge in [-0.3, -0.25) is 0 Å². The quantitative estimate of drug-likeness (QED) is 0.482. The van der Waals surface area contributed by atoms with Crippen LogP contribution in [0.15, 0.2) is 70.6 Å². The zero-order chi connectivity index (χ0) is 14.8. The molecule has 104 valence electrons. The Bertz CT molecular complexity index is 501. The van der Waals surface area contributed by atoms with Gasteiger partial charge >= 0.3 is 0 Å². The molecule has 20 heavy (non-hydrogen) atoms. The molecule has 6 heteroatoms. The smallest absolute Gasteiger partial charge is 0.191 e. The fourth-order valence-corrected chi connectivity index (χ4v) is 1.30. The van der Waals surface area contributed by atoms with Crippen molar-refractivity contribution in [2.45, 2.75) is 0 Å². The average molecular weight is 270 g/mol. The molecule has 0 saturated carbocycles. The van der Waals surface area contributed by atoms with Crippen LogP contribution >= 0.6 is 0 Å². The Morgan fingerprint density at radius 2 is 0.850 bits per heavy atom. The molecule has 2 aromatic rings. The van der Waals surface area contributed by atoms with Gasteiger partial charge in [0.05, 0.1) is 11.4 Å². The second-order valence-electron chi connectivity index (χ2n) is 3.74. The van der Waals surface area contributed by atoms with Crippen LogP contribution < -0.4 is 22.9 Å². The summed E-state index contributed by atoms with van der Waals surface area (Å²) in [5, 5.41) is 0. The van der Waals surface area contributed by atoms with E-state index in [2.05, 4.69) is 9.98 Å². The highest BCUT2D eigenvalue weighted by Crippen LogP contribution is 2.08. The number of hydrogen-bond donors (Lipinski definition) is 4. The predicted molar refractivity (Wildman–Crippen MR) is 83.8 cm³/mol. The van der Waals surface area contributed by atoms with Crippen molar-refractivity contribution in [2.24, 2.45) is 32.9 Å². The number of nitrogens with zero attached hydrogens (tertiary/aromatic N) is 2. The van der Waals surface area contributed by atoms with Gasteiger partial charge in [0.15, 0.2) is 11.9 Å². The van der Waals surface area contributed by atoms with Crippen LogP contribution in [0, 0.1) is 0 Å². The van der Waals surface area contributed by atoms with E-state index in [1.54, 1.807) is 0 Å². The average Bonchev–Trinajstić information content (AvgIpc) is 2.40. The summed E-state index contributed by atoms with van der Waals surface area (Å²) in [6, 6.07) is 18.7. The second kappa shape index (κ2) is 8.15. The molecule has 0 aromatic heterocycles. The van der Waals surface area contributed by atoms with E-state index >= 15 is 0 Å². The van der Waals surface area contributed by atoms with Gasteiger partial charge in [-0.1, -0.05) is 36.4 Å². The highest BCUT2D eigenvalue weighted by atomic mass is 15.0. The Morgan fingerprint density at radius 1 is 0.550 bits per heavy atom.